The lowest BCUT2D eigenvalue weighted by molar-refractivity contribution is -0.141. The highest BCUT2D eigenvalue weighted by molar-refractivity contribution is 9.10. The van der Waals surface area contributed by atoms with Gasteiger partial charge in [-0.3, -0.25) is 14.4 Å². The van der Waals surface area contributed by atoms with E-state index in [1.165, 1.54) is 18.2 Å². The molecule has 1 N–H and O–H groups in total. The van der Waals surface area contributed by atoms with E-state index < -0.39 is 30.4 Å². The molecule has 170 valence electrons. The Morgan fingerprint density at radius 2 is 1.59 bits per heavy atom. The summed E-state index contributed by atoms with van der Waals surface area (Å²) in [5.74, 6) is -2.58. The summed E-state index contributed by atoms with van der Waals surface area (Å²) in [6.07, 6.45) is 1.41. The number of halogens is 2. The molecule has 0 atom stereocenters. The molecule has 0 aliphatic carbocycles. The van der Waals surface area contributed by atoms with E-state index in [-0.39, 0.29) is 16.8 Å². The van der Waals surface area contributed by atoms with Crippen LogP contribution in [0.15, 0.2) is 83.0 Å². The molecule has 0 saturated heterocycles. The van der Waals surface area contributed by atoms with E-state index in [1.54, 1.807) is 60.7 Å². The Kier molecular flexibility index (Phi) is 6.90. The van der Waals surface area contributed by atoms with E-state index in [1.807, 2.05) is 0 Å². The van der Waals surface area contributed by atoms with Crippen LogP contribution in [0.3, 0.4) is 0 Å². The van der Waals surface area contributed by atoms with Crippen LogP contribution < -0.4 is 5.32 Å². The average Bonchev–Trinajstić information content (AvgIpc) is 3.08. The molecular weight excluding hydrogens is 524 g/mol. The number of amides is 3. The first-order chi connectivity index (χ1) is 16.3. The van der Waals surface area contributed by atoms with Gasteiger partial charge in [0.2, 0.25) is 0 Å². The molecule has 0 bridgehead atoms. The van der Waals surface area contributed by atoms with Crippen LogP contribution in [-0.4, -0.2) is 35.3 Å². The van der Waals surface area contributed by atoms with Crippen LogP contribution >= 0.6 is 27.5 Å². The molecule has 7 nitrogen and oxygen atoms in total. The Bertz CT molecular complexity index is 1300. The lowest BCUT2D eigenvalue weighted by Crippen LogP contribution is -2.35. The number of rotatable bonds is 6. The second-order valence-corrected chi connectivity index (χ2v) is 8.57. The Balaban J connectivity index is 1.54. The third kappa shape index (κ3) is 5.08. The fraction of sp³-hybridized carbons (Fsp3) is 0.0400. The van der Waals surface area contributed by atoms with Gasteiger partial charge in [0, 0.05) is 15.1 Å². The maximum Gasteiger partial charge on any atom is 0.356 e. The first-order valence-corrected chi connectivity index (χ1v) is 11.2. The summed E-state index contributed by atoms with van der Waals surface area (Å²) >= 11 is 9.23. The highest BCUT2D eigenvalue weighted by atomic mass is 79.9. The van der Waals surface area contributed by atoms with Gasteiger partial charge in [0.15, 0.2) is 6.73 Å². The zero-order chi connectivity index (χ0) is 24.2. The largest absolute Gasteiger partial charge is 0.439 e. The van der Waals surface area contributed by atoms with Crippen LogP contribution in [-0.2, 0) is 9.53 Å². The zero-order valence-corrected chi connectivity index (χ0v) is 19.8. The van der Waals surface area contributed by atoms with Crippen LogP contribution in [0.25, 0.3) is 6.08 Å². The number of hydrogen-bond donors (Lipinski definition) is 1. The lowest BCUT2D eigenvalue weighted by atomic mass is 10.1. The van der Waals surface area contributed by atoms with Gasteiger partial charge in [-0.1, -0.05) is 57.9 Å². The van der Waals surface area contributed by atoms with E-state index in [0.29, 0.717) is 20.6 Å². The number of carbonyl (C=O) groups is 4. The van der Waals surface area contributed by atoms with Crippen molar-refractivity contribution in [3.05, 3.63) is 110 Å². The number of nitrogens with one attached hydrogen (secondary N) is 1. The minimum Gasteiger partial charge on any atom is -0.439 e. The molecule has 34 heavy (non-hydrogen) atoms. The number of benzene rings is 3. The number of hydrogen-bond acceptors (Lipinski definition) is 5. The second-order valence-electron chi connectivity index (χ2n) is 7.22. The van der Waals surface area contributed by atoms with Crippen LogP contribution in [0.1, 0.15) is 36.6 Å². The van der Waals surface area contributed by atoms with Crippen molar-refractivity contribution in [1.82, 2.24) is 10.2 Å². The maximum absolute atomic E-state index is 12.9. The van der Waals surface area contributed by atoms with Crippen molar-refractivity contribution in [2.24, 2.45) is 0 Å². The first-order valence-electron chi connectivity index (χ1n) is 10.00. The molecule has 0 aromatic heterocycles. The van der Waals surface area contributed by atoms with Crippen molar-refractivity contribution in [2.45, 2.75) is 0 Å². The molecule has 0 fully saturated rings. The molecule has 3 amide bonds. The van der Waals surface area contributed by atoms with Gasteiger partial charge in [0.1, 0.15) is 5.70 Å². The quantitative estimate of drug-likeness (QED) is 0.279. The lowest BCUT2D eigenvalue weighted by Gasteiger charge is -2.15. The summed E-state index contributed by atoms with van der Waals surface area (Å²) in [6, 6.07) is 19.5. The van der Waals surface area contributed by atoms with Crippen molar-refractivity contribution < 1.29 is 23.9 Å². The molecule has 0 spiro atoms. The van der Waals surface area contributed by atoms with E-state index in [2.05, 4.69) is 21.2 Å². The van der Waals surface area contributed by atoms with Gasteiger partial charge in [0.05, 0.1) is 11.1 Å². The minimum atomic E-state index is -0.921. The number of nitrogens with zero attached hydrogens (tertiary/aromatic N) is 1. The van der Waals surface area contributed by atoms with Gasteiger partial charge >= 0.3 is 5.97 Å². The number of esters is 1. The van der Waals surface area contributed by atoms with Crippen molar-refractivity contribution in [3.8, 4) is 0 Å². The predicted octanol–water partition coefficient (Wildman–Crippen LogP) is 4.67. The monoisotopic (exact) mass is 538 g/mol. The third-order valence-electron chi connectivity index (χ3n) is 4.94. The fourth-order valence-corrected chi connectivity index (χ4v) is 3.78. The highest BCUT2D eigenvalue weighted by Crippen LogP contribution is 2.22. The van der Waals surface area contributed by atoms with Gasteiger partial charge in [-0.25, -0.2) is 9.69 Å². The first kappa shape index (κ1) is 23.4. The molecule has 4 rings (SSSR count). The van der Waals surface area contributed by atoms with E-state index in [4.69, 9.17) is 16.3 Å². The molecule has 0 unspecified atom stereocenters. The molecular formula is C25H16BrClN2O5. The van der Waals surface area contributed by atoms with Crippen molar-refractivity contribution in [1.29, 1.82) is 0 Å². The van der Waals surface area contributed by atoms with Crippen LogP contribution in [0, 0.1) is 0 Å². The predicted molar refractivity (Wildman–Crippen MR) is 129 cm³/mol. The standard InChI is InChI=1S/C25H16BrClN2O5/c26-17-5-3-4-16(13-17)22(30)28-21(12-15-8-10-18(27)11-9-15)25(33)34-14-29-23(31)19-6-1-2-7-20(19)24(29)32/h1-13H,14H2,(H,28,30)/b21-12-. The van der Waals surface area contributed by atoms with Gasteiger partial charge in [-0.15, -0.1) is 0 Å². The number of ether oxygens (including phenoxy) is 1. The molecule has 1 heterocycles. The summed E-state index contributed by atoms with van der Waals surface area (Å²) in [4.78, 5) is 51.5. The van der Waals surface area contributed by atoms with Crippen LogP contribution in [0.4, 0.5) is 0 Å². The molecule has 9 heteroatoms. The summed E-state index contributed by atoms with van der Waals surface area (Å²) in [6.45, 7) is -0.601. The topological polar surface area (TPSA) is 92.8 Å². The van der Waals surface area contributed by atoms with E-state index in [9.17, 15) is 19.2 Å². The smallest absolute Gasteiger partial charge is 0.356 e. The van der Waals surface area contributed by atoms with Gasteiger partial charge in [0.25, 0.3) is 17.7 Å². The van der Waals surface area contributed by atoms with Gasteiger partial charge < -0.3 is 10.1 Å². The third-order valence-corrected chi connectivity index (χ3v) is 5.68. The zero-order valence-electron chi connectivity index (χ0n) is 17.5. The fourth-order valence-electron chi connectivity index (χ4n) is 3.25. The SMILES string of the molecule is O=C(OCN1C(=O)c2ccccc2C1=O)/C(=C/c1ccc(Cl)cc1)NC(=O)c1cccc(Br)c1. The highest BCUT2D eigenvalue weighted by Gasteiger charge is 2.36. The number of fused-ring (bicyclic) bond motifs is 1. The van der Waals surface area contributed by atoms with Gasteiger partial charge in [-0.05, 0) is 54.1 Å². The molecule has 0 radical (unpaired) electrons. The van der Waals surface area contributed by atoms with E-state index >= 15 is 0 Å². The minimum absolute atomic E-state index is 0.177. The average molecular weight is 540 g/mol. The normalized spacial score (nSPS) is 13.0. The van der Waals surface area contributed by atoms with Crippen molar-refractivity contribution >= 4 is 57.3 Å². The van der Waals surface area contributed by atoms with E-state index in [0.717, 1.165) is 4.90 Å². The molecule has 0 saturated carbocycles. The van der Waals surface area contributed by atoms with Crippen molar-refractivity contribution in [3.63, 3.8) is 0 Å². The number of imide groups is 1. The Morgan fingerprint density at radius 3 is 2.21 bits per heavy atom. The Morgan fingerprint density at radius 1 is 0.941 bits per heavy atom. The maximum atomic E-state index is 12.9. The second kappa shape index (κ2) is 10.0. The molecule has 1 aliphatic rings. The van der Waals surface area contributed by atoms with Crippen molar-refractivity contribution in [2.75, 3.05) is 6.73 Å². The van der Waals surface area contributed by atoms with Gasteiger partial charge in [-0.2, -0.15) is 0 Å². The Hall–Kier alpha value is -3.75. The molecule has 3 aromatic carbocycles. The van der Waals surface area contributed by atoms with Crippen LogP contribution in [0.2, 0.25) is 5.02 Å². The summed E-state index contributed by atoms with van der Waals surface area (Å²) in [5, 5.41) is 3.05. The Labute approximate surface area is 208 Å². The summed E-state index contributed by atoms with van der Waals surface area (Å²) in [7, 11) is 0. The molecule has 3 aromatic rings. The molecule has 1 aliphatic heterocycles. The number of carbonyl (C=O) groups excluding carboxylic acids is 4. The van der Waals surface area contributed by atoms with Crippen LogP contribution in [0.5, 0.6) is 0 Å². The summed E-state index contributed by atoms with van der Waals surface area (Å²) in [5.41, 5.74) is 1.19. The summed E-state index contributed by atoms with van der Waals surface area (Å²) < 4.78 is 5.93.